The molecule has 0 spiro atoms. The molecule has 1 amide bonds. The van der Waals surface area contributed by atoms with Gasteiger partial charge in [0.2, 0.25) is 0 Å². The molecule has 4 nitrogen and oxygen atoms in total. The van der Waals surface area contributed by atoms with Gasteiger partial charge in [0, 0.05) is 12.6 Å². The van der Waals surface area contributed by atoms with Crippen molar-refractivity contribution in [3.8, 4) is 0 Å². The molecular weight excluding hydrogens is 242 g/mol. The summed E-state index contributed by atoms with van der Waals surface area (Å²) in [6.45, 7) is 2.24. The molecule has 2 N–H and O–H groups in total. The molecule has 1 fully saturated rings. The van der Waals surface area contributed by atoms with E-state index < -0.39 is 11.7 Å². The fourth-order valence-electron chi connectivity index (χ4n) is 2.67. The topological polar surface area (TPSA) is 60.8 Å². The third kappa shape index (κ3) is 3.70. The van der Waals surface area contributed by atoms with E-state index in [0.29, 0.717) is 19.4 Å². The largest absolute Gasteiger partial charge is 0.465 e. The van der Waals surface area contributed by atoms with Gasteiger partial charge in [0.25, 0.3) is 0 Å². The lowest BCUT2D eigenvalue weighted by Gasteiger charge is -2.38. The Balaban J connectivity index is 2.03. The molecule has 0 aromatic heterocycles. The second kappa shape index (κ2) is 5.61. The molecule has 0 aliphatic heterocycles. The predicted molar refractivity (Wildman–Crippen MR) is 72.9 cm³/mol. The molecule has 0 radical (unpaired) electrons. The van der Waals surface area contributed by atoms with Crippen LogP contribution in [0, 0.1) is 0 Å². The molecule has 0 saturated heterocycles. The Hall–Kier alpha value is -1.55. The Morgan fingerprint density at radius 2 is 1.89 bits per heavy atom. The van der Waals surface area contributed by atoms with E-state index in [1.807, 2.05) is 37.3 Å². The third-order valence-corrected chi connectivity index (χ3v) is 3.91. The Labute approximate surface area is 113 Å². The van der Waals surface area contributed by atoms with Crippen LogP contribution in [0.1, 0.15) is 38.2 Å². The molecule has 1 aliphatic carbocycles. The van der Waals surface area contributed by atoms with Gasteiger partial charge in [-0.15, -0.1) is 0 Å². The van der Waals surface area contributed by atoms with E-state index in [4.69, 9.17) is 0 Å². The fraction of sp³-hybridized carbons (Fsp3) is 0.533. The lowest BCUT2D eigenvalue weighted by atomic mass is 9.83. The highest BCUT2D eigenvalue weighted by atomic mass is 16.4. The summed E-state index contributed by atoms with van der Waals surface area (Å²) in [6.07, 6.45) is 1.90. The van der Waals surface area contributed by atoms with E-state index in [-0.39, 0.29) is 6.04 Å². The van der Waals surface area contributed by atoms with Crippen LogP contribution in [0.5, 0.6) is 0 Å². The maximum atomic E-state index is 11.4. The Bertz CT molecular complexity index is 420. The van der Waals surface area contributed by atoms with Crippen molar-refractivity contribution in [3.63, 3.8) is 0 Å². The van der Waals surface area contributed by atoms with Crippen LogP contribution in [-0.2, 0) is 6.54 Å². The minimum Gasteiger partial charge on any atom is -0.465 e. The molecule has 4 heteroatoms. The SMILES string of the molecule is CC1(O)CCC(N(Cc2ccccc2)C(=O)O)CC1. The van der Waals surface area contributed by atoms with Crippen molar-refractivity contribution in [1.82, 2.24) is 4.90 Å². The van der Waals surface area contributed by atoms with Gasteiger partial charge in [-0.25, -0.2) is 4.79 Å². The molecule has 2 rings (SSSR count). The Kier molecular flexibility index (Phi) is 4.10. The molecule has 0 heterocycles. The fourth-order valence-corrected chi connectivity index (χ4v) is 2.67. The van der Waals surface area contributed by atoms with Crippen LogP contribution in [-0.4, -0.2) is 32.8 Å². The van der Waals surface area contributed by atoms with Gasteiger partial charge < -0.3 is 15.1 Å². The van der Waals surface area contributed by atoms with Crippen LogP contribution in [0.25, 0.3) is 0 Å². The van der Waals surface area contributed by atoms with Crippen LogP contribution >= 0.6 is 0 Å². The quantitative estimate of drug-likeness (QED) is 0.881. The number of carbonyl (C=O) groups is 1. The molecular formula is C15H21NO3. The Morgan fingerprint density at radius 1 is 1.32 bits per heavy atom. The first-order valence-electron chi connectivity index (χ1n) is 6.74. The van der Waals surface area contributed by atoms with Crippen molar-refractivity contribution in [1.29, 1.82) is 0 Å². The van der Waals surface area contributed by atoms with Crippen molar-refractivity contribution >= 4 is 6.09 Å². The van der Waals surface area contributed by atoms with E-state index >= 15 is 0 Å². The van der Waals surface area contributed by atoms with E-state index in [9.17, 15) is 15.0 Å². The molecule has 0 atom stereocenters. The standard InChI is InChI=1S/C15H21NO3/c1-15(19)9-7-13(8-10-15)16(14(17)18)11-12-5-3-2-4-6-12/h2-6,13,19H,7-11H2,1H3,(H,17,18). The molecule has 0 bridgehead atoms. The number of benzene rings is 1. The van der Waals surface area contributed by atoms with Crippen LogP contribution in [0.3, 0.4) is 0 Å². The monoisotopic (exact) mass is 263 g/mol. The second-order valence-electron chi connectivity index (χ2n) is 5.62. The van der Waals surface area contributed by atoms with Gasteiger partial charge in [-0.05, 0) is 38.2 Å². The van der Waals surface area contributed by atoms with Gasteiger partial charge in [0.1, 0.15) is 0 Å². The lowest BCUT2D eigenvalue weighted by molar-refractivity contribution is -0.00433. The summed E-state index contributed by atoms with van der Waals surface area (Å²) in [4.78, 5) is 12.9. The molecule has 1 aromatic rings. The highest BCUT2D eigenvalue weighted by molar-refractivity contribution is 5.65. The van der Waals surface area contributed by atoms with E-state index in [1.165, 1.54) is 4.90 Å². The zero-order valence-electron chi connectivity index (χ0n) is 11.2. The van der Waals surface area contributed by atoms with Crippen LogP contribution in [0.4, 0.5) is 4.79 Å². The van der Waals surface area contributed by atoms with Crippen LogP contribution < -0.4 is 0 Å². The summed E-state index contributed by atoms with van der Waals surface area (Å²) in [6, 6.07) is 9.65. The minimum absolute atomic E-state index is 0.0120. The summed E-state index contributed by atoms with van der Waals surface area (Å²) in [7, 11) is 0. The Morgan fingerprint density at radius 3 is 2.42 bits per heavy atom. The summed E-state index contributed by atoms with van der Waals surface area (Å²) in [5.41, 5.74) is 0.371. The number of rotatable bonds is 3. The van der Waals surface area contributed by atoms with Crippen LogP contribution in [0.15, 0.2) is 30.3 Å². The summed E-state index contributed by atoms with van der Waals surface area (Å²) < 4.78 is 0. The molecule has 19 heavy (non-hydrogen) atoms. The maximum absolute atomic E-state index is 11.4. The van der Waals surface area contributed by atoms with Gasteiger partial charge >= 0.3 is 6.09 Å². The number of amides is 1. The summed E-state index contributed by atoms with van der Waals surface area (Å²) >= 11 is 0. The first-order valence-corrected chi connectivity index (χ1v) is 6.74. The normalized spacial score (nSPS) is 26.9. The number of hydrogen-bond donors (Lipinski definition) is 2. The highest BCUT2D eigenvalue weighted by Crippen LogP contribution is 2.31. The average Bonchev–Trinajstić information content (AvgIpc) is 2.37. The maximum Gasteiger partial charge on any atom is 0.407 e. The van der Waals surface area contributed by atoms with Gasteiger partial charge in [-0.1, -0.05) is 30.3 Å². The predicted octanol–water partition coefficient (Wildman–Crippen LogP) is 2.86. The second-order valence-corrected chi connectivity index (χ2v) is 5.62. The number of carboxylic acid groups (broad SMARTS) is 1. The number of hydrogen-bond acceptors (Lipinski definition) is 2. The van der Waals surface area contributed by atoms with Crippen molar-refractivity contribution < 1.29 is 15.0 Å². The zero-order valence-corrected chi connectivity index (χ0v) is 11.2. The summed E-state index contributed by atoms with van der Waals surface area (Å²) in [5, 5.41) is 19.3. The smallest absolute Gasteiger partial charge is 0.407 e. The number of nitrogens with zero attached hydrogens (tertiary/aromatic N) is 1. The van der Waals surface area contributed by atoms with Crippen molar-refractivity contribution in [2.45, 2.75) is 50.8 Å². The minimum atomic E-state index is -0.879. The lowest BCUT2D eigenvalue weighted by Crippen LogP contribution is -2.44. The van der Waals surface area contributed by atoms with Crippen molar-refractivity contribution in [2.24, 2.45) is 0 Å². The zero-order chi connectivity index (χ0) is 13.9. The summed E-state index contributed by atoms with van der Waals surface area (Å²) in [5.74, 6) is 0. The van der Waals surface area contributed by atoms with E-state index in [1.54, 1.807) is 0 Å². The van der Waals surface area contributed by atoms with Crippen molar-refractivity contribution in [3.05, 3.63) is 35.9 Å². The molecule has 104 valence electrons. The van der Waals surface area contributed by atoms with Gasteiger partial charge in [0.05, 0.1) is 5.60 Å². The van der Waals surface area contributed by atoms with E-state index in [2.05, 4.69) is 0 Å². The first kappa shape index (κ1) is 13.9. The van der Waals surface area contributed by atoms with Gasteiger partial charge in [0.15, 0.2) is 0 Å². The molecule has 1 saturated carbocycles. The molecule has 1 aromatic carbocycles. The van der Waals surface area contributed by atoms with Crippen LogP contribution in [0.2, 0.25) is 0 Å². The third-order valence-electron chi connectivity index (χ3n) is 3.91. The van der Waals surface area contributed by atoms with E-state index in [0.717, 1.165) is 18.4 Å². The number of aliphatic hydroxyl groups is 1. The molecule has 0 unspecified atom stereocenters. The van der Waals surface area contributed by atoms with Crippen molar-refractivity contribution in [2.75, 3.05) is 0 Å². The van der Waals surface area contributed by atoms with Gasteiger partial charge in [-0.2, -0.15) is 0 Å². The van der Waals surface area contributed by atoms with Gasteiger partial charge in [-0.3, -0.25) is 0 Å². The average molecular weight is 263 g/mol. The first-order chi connectivity index (χ1) is 8.98. The highest BCUT2D eigenvalue weighted by Gasteiger charge is 2.33. The molecule has 1 aliphatic rings.